The van der Waals surface area contributed by atoms with Crippen LogP contribution in [0.4, 0.5) is 5.69 Å². The molecule has 2 rings (SSSR count). The molecule has 0 atom stereocenters. The fraction of sp³-hybridized carbons (Fsp3) is 0.263. The molecule has 0 aliphatic rings. The minimum absolute atomic E-state index is 0.0204. The second-order valence-corrected chi connectivity index (χ2v) is 6.43. The molecule has 0 fully saturated rings. The molecule has 0 bridgehead atoms. The third-order valence-corrected chi connectivity index (χ3v) is 3.93. The van der Waals surface area contributed by atoms with Gasteiger partial charge in [-0.3, -0.25) is 9.59 Å². The Kier molecular flexibility index (Phi) is 5.99. The molecule has 0 spiro atoms. The number of anilines is 1. The van der Waals surface area contributed by atoms with Crippen molar-refractivity contribution in [3.8, 4) is 0 Å². The van der Waals surface area contributed by atoms with Gasteiger partial charge >= 0.3 is 0 Å². The number of amides is 2. The molecular formula is C19H21ClN2O2. The normalized spacial score (nSPS) is 10.5. The molecule has 0 radical (unpaired) electrons. The van der Waals surface area contributed by atoms with Gasteiger partial charge in [-0.25, -0.2) is 0 Å². The number of hydrogen-bond donors (Lipinski definition) is 1. The molecule has 0 saturated heterocycles. The molecule has 0 aliphatic heterocycles. The second kappa shape index (κ2) is 7.97. The topological polar surface area (TPSA) is 49.4 Å². The van der Waals surface area contributed by atoms with Crippen LogP contribution >= 0.6 is 11.6 Å². The fourth-order valence-corrected chi connectivity index (χ4v) is 2.38. The summed E-state index contributed by atoms with van der Waals surface area (Å²) in [6, 6.07) is 14.3. The molecule has 2 aromatic rings. The Hall–Kier alpha value is -2.33. The van der Waals surface area contributed by atoms with Crippen molar-refractivity contribution in [2.24, 2.45) is 0 Å². The van der Waals surface area contributed by atoms with Gasteiger partial charge in [0, 0.05) is 23.3 Å². The van der Waals surface area contributed by atoms with Crippen LogP contribution in [0.1, 0.15) is 35.7 Å². The average Bonchev–Trinajstić information content (AvgIpc) is 2.56. The first-order chi connectivity index (χ1) is 11.4. The zero-order chi connectivity index (χ0) is 17.7. The summed E-state index contributed by atoms with van der Waals surface area (Å²) in [7, 11) is 1.61. The smallest absolute Gasteiger partial charge is 0.254 e. The van der Waals surface area contributed by atoms with Crippen LogP contribution in [0.3, 0.4) is 0 Å². The first kappa shape index (κ1) is 18.0. The van der Waals surface area contributed by atoms with Crippen LogP contribution in [0, 0.1) is 0 Å². The molecule has 0 saturated carbocycles. The zero-order valence-corrected chi connectivity index (χ0v) is 14.8. The van der Waals surface area contributed by atoms with Crippen LogP contribution in [0.15, 0.2) is 48.5 Å². The van der Waals surface area contributed by atoms with E-state index in [4.69, 9.17) is 11.6 Å². The van der Waals surface area contributed by atoms with Gasteiger partial charge in [0.1, 0.15) is 0 Å². The van der Waals surface area contributed by atoms with E-state index < -0.39 is 0 Å². The van der Waals surface area contributed by atoms with Crippen molar-refractivity contribution < 1.29 is 9.59 Å². The van der Waals surface area contributed by atoms with Gasteiger partial charge < -0.3 is 10.2 Å². The molecule has 1 N–H and O–H groups in total. The summed E-state index contributed by atoms with van der Waals surface area (Å²) in [6.07, 6.45) is 0. The Morgan fingerprint density at radius 2 is 1.62 bits per heavy atom. The fourth-order valence-electron chi connectivity index (χ4n) is 2.25. The lowest BCUT2D eigenvalue weighted by Crippen LogP contribution is -2.34. The van der Waals surface area contributed by atoms with Crippen LogP contribution in [0.5, 0.6) is 0 Å². The van der Waals surface area contributed by atoms with E-state index in [-0.39, 0.29) is 18.4 Å². The standard InChI is InChI=1S/C19H21ClN2O2/c1-13(2)14-4-6-15(7-5-14)19(24)22(3)12-18(23)21-17-10-8-16(20)9-11-17/h4-11,13H,12H2,1-3H3,(H,21,23). The van der Waals surface area contributed by atoms with Gasteiger partial charge in [-0.2, -0.15) is 0 Å². The lowest BCUT2D eigenvalue weighted by molar-refractivity contribution is -0.116. The summed E-state index contributed by atoms with van der Waals surface area (Å²) in [4.78, 5) is 25.8. The van der Waals surface area contributed by atoms with Gasteiger partial charge in [0.15, 0.2) is 0 Å². The van der Waals surface area contributed by atoms with E-state index in [9.17, 15) is 9.59 Å². The number of likely N-dealkylation sites (N-methyl/N-ethyl adjacent to an activating group) is 1. The van der Waals surface area contributed by atoms with Crippen molar-refractivity contribution in [3.05, 3.63) is 64.7 Å². The molecule has 0 aromatic heterocycles. The van der Waals surface area contributed by atoms with Gasteiger partial charge in [0.05, 0.1) is 6.54 Å². The number of nitrogens with zero attached hydrogens (tertiary/aromatic N) is 1. The summed E-state index contributed by atoms with van der Waals surface area (Å²) in [5.41, 5.74) is 2.39. The number of halogens is 1. The number of hydrogen-bond acceptors (Lipinski definition) is 2. The highest BCUT2D eigenvalue weighted by atomic mass is 35.5. The molecule has 126 valence electrons. The van der Waals surface area contributed by atoms with Crippen molar-refractivity contribution >= 4 is 29.1 Å². The van der Waals surface area contributed by atoms with E-state index in [0.29, 0.717) is 22.2 Å². The van der Waals surface area contributed by atoms with Crippen molar-refractivity contribution in [1.29, 1.82) is 0 Å². The Balaban J connectivity index is 1.95. The van der Waals surface area contributed by atoms with E-state index in [2.05, 4.69) is 19.2 Å². The second-order valence-electron chi connectivity index (χ2n) is 5.99. The Labute approximate surface area is 147 Å². The van der Waals surface area contributed by atoms with E-state index >= 15 is 0 Å². The highest BCUT2D eigenvalue weighted by Gasteiger charge is 2.15. The number of benzene rings is 2. The predicted molar refractivity (Wildman–Crippen MR) is 97.6 cm³/mol. The maximum Gasteiger partial charge on any atom is 0.254 e. The molecule has 0 unspecified atom stereocenters. The van der Waals surface area contributed by atoms with Gasteiger partial charge in [0.25, 0.3) is 5.91 Å². The third kappa shape index (κ3) is 4.83. The minimum atomic E-state index is -0.257. The van der Waals surface area contributed by atoms with Crippen molar-refractivity contribution in [2.75, 3.05) is 18.9 Å². The first-order valence-electron chi connectivity index (χ1n) is 7.77. The highest BCUT2D eigenvalue weighted by Crippen LogP contribution is 2.16. The van der Waals surface area contributed by atoms with E-state index in [0.717, 1.165) is 0 Å². The number of carbonyl (C=O) groups excluding carboxylic acids is 2. The van der Waals surface area contributed by atoms with Crippen molar-refractivity contribution in [2.45, 2.75) is 19.8 Å². The van der Waals surface area contributed by atoms with Crippen LogP contribution in [-0.2, 0) is 4.79 Å². The Morgan fingerprint density at radius 3 is 2.17 bits per heavy atom. The SMILES string of the molecule is CC(C)c1ccc(C(=O)N(C)CC(=O)Nc2ccc(Cl)cc2)cc1. The Morgan fingerprint density at radius 1 is 1.04 bits per heavy atom. The molecule has 2 aromatic carbocycles. The summed E-state index contributed by atoms with van der Waals surface area (Å²) in [5, 5.41) is 3.34. The van der Waals surface area contributed by atoms with E-state index in [1.54, 1.807) is 43.4 Å². The number of nitrogens with one attached hydrogen (secondary N) is 1. The minimum Gasteiger partial charge on any atom is -0.332 e. The maximum absolute atomic E-state index is 12.4. The zero-order valence-electron chi connectivity index (χ0n) is 14.0. The summed E-state index contributed by atoms with van der Waals surface area (Å²) in [6.45, 7) is 4.18. The molecular weight excluding hydrogens is 324 g/mol. The van der Waals surface area contributed by atoms with E-state index in [1.807, 2.05) is 12.1 Å². The summed E-state index contributed by atoms with van der Waals surface area (Å²) in [5.74, 6) is -0.0272. The van der Waals surface area contributed by atoms with Gasteiger partial charge in [-0.1, -0.05) is 37.6 Å². The molecule has 5 heteroatoms. The quantitative estimate of drug-likeness (QED) is 0.884. The number of rotatable bonds is 5. The van der Waals surface area contributed by atoms with Gasteiger partial charge in [-0.15, -0.1) is 0 Å². The van der Waals surface area contributed by atoms with Crippen LogP contribution in [-0.4, -0.2) is 30.3 Å². The molecule has 0 aliphatic carbocycles. The number of carbonyl (C=O) groups is 2. The largest absolute Gasteiger partial charge is 0.332 e. The molecule has 2 amide bonds. The van der Waals surface area contributed by atoms with Crippen LogP contribution < -0.4 is 5.32 Å². The molecule has 4 nitrogen and oxygen atoms in total. The predicted octanol–water partition coefficient (Wildman–Crippen LogP) is 4.17. The molecule has 0 heterocycles. The van der Waals surface area contributed by atoms with Crippen LogP contribution in [0.2, 0.25) is 5.02 Å². The third-order valence-electron chi connectivity index (χ3n) is 3.68. The van der Waals surface area contributed by atoms with Crippen molar-refractivity contribution in [3.63, 3.8) is 0 Å². The van der Waals surface area contributed by atoms with Crippen molar-refractivity contribution in [1.82, 2.24) is 4.90 Å². The average molecular weight is 345 g/mol. The Bertz CT molecular complexity index is 709. The lowest BCUT2D eigenvalue weighted by atomic mass is 10.0. The van der Waals surface area contributed by atoms with Crippen LogP contribution in [0.25, 0.3) is 0 Å². The molecule has 24 heavy (non-hydrogen) atoms. The van der Waals surface area contributed by atoms with Gasteiger partial charge in [0.2, 0.25) is 5.91 Å². The lowest BCUT2D eigenvalue weighted by Gasteiger charge is -2.17. The monoisotopic (exact) mass is 344 g/mol. The first-order valence-corrected chi connectivity index (χ1v) is 8.15. The van der Waals surface area contributed by atoms with E-state index in [1.165, 1.54) is 10.5 Å². The summed E-state index contributed by atoms with van der Waals surface area (Å²) >= 11 is 5.81. The summed E-state index contributed by atoms with van der Waals surface area (Å²) < 4.78 is 0. The van der Waals surface area contributed by atoms with Gasteiger partial charge in [-0.05, 0) is 47.9 Å². The highest BCUT2D eigenvalue weighted by molar-refractivity contribution is 6.30. The maximum atomic E-state index is 12.4.